The molecule has 0 aliphatic heterocycles. The molecule has 1 aromatic carbocycles. The Morgan fingerprint density at radius 2 is 2.11 bits per heavy atom. The first-order chi connectivity index (χ1) is 9.16. The molecule has 98 valence electrons. The monoisotopic (exact) mass is 275 g/mol. The van der Waals surface area contributed by atoms with Gasteiger partial charge in [-0.2, -0.15) is 0 Å². The Kier molecular flexibility index (Phi) is 4.25. The first kappa shape index (κ1) is 13.2. The van der Waals surface area contributed by atoms with Gasteiger partial charge >= 0.3 is 5.69 Å². The van der Waals surface area contributed by atoms with Crippen LogP contribution < -0.4 is 16.2 Å². The highest BCUT2D eigenvalue weighted by Crippen LogP contribution is 2.11. The molecule has 0 saturated heterocycles. The van der Waals surface area contributed by atoms with Crippen molar-refractivity contribution in [1.29, 1.82) is 0 Å². The summed E-state index contributed by atoms with van der Waals surface area (Å²) in [6.07, 6.45) is 3.14. The molecule has 2 aromatic rings. The Morgan fingerprint density at radius 3 is 2.74 bits per heavy atom. The second kappa shape index (κ2) is 6.10. The molecule has 1 aromatic heterocycles. The second-order valence-electron chi connectivity index (χ2n) is 3.83. The van der Waals surface area contributed by atoms with Crippen LogP contribution in [0.15, 0.2) is 47.5 Å². The van der Waals surface area contributed by atoms with Crippen molar-refractivity contribution in [2.75, 3.05) is 6.61 Å². The summed E-state index contributed by atoms with van der Waals surface area (Å²) in [5.41, 5.74) is 6.02. The zero-order valence-corrected chi connectivity index (χ0v) is 11.0. The molecule has 2 rings (SSSR count). The molecule has 0 spiro atoms. The van der Waals surface area contributed by atoms with Crippen molar-refractivity contribution in [1.82, 2.24) is 9.55 Å². The molecule has 2 N–H and O–H groups in total. The fourth-order valence-corrected chi connectivity index (χ4v) is 1.67. The van der Waals surface area contributed by atoms with E-state index in [9.17, 15) is 4.79 Å². The molecule has 5 nitrogen and oxygen atoms in total. The van der Waals surface area contributed by atoms with Crippen LogP contribution in [0.2, 0.25) is 0 Å². The normalized spacial score (nSPS) is 10.1. The number of thiocarbonyl (C=S) groups is 1. The Bertz CT molecular complexity index is 622. The Morgan fingerprint density at radius 1 is 1.37 bits per heavy atom. The summed E-state index contributed by atoms with van der Waals surface area (Å²) < 4.78 is 7.02. The third-order valence-electron chi connectivity index (χ3n) is 2.52. The first-order valence-corrected chi connectivity index (χ1v) is 6.12. The topological polar surface area (TPSA) is 70.1 Å². The minimum absolute atomic E-state index is 0.282. The van der Waals surface area contributed by atoms with Crippen LogP contribution in [0, 0.1) is 0 Å². The van der Waals surface area contributed by atoms with Crippen molar-refractivity contribution in [2.24, 2.45) is 5.73 Å². The molecule has 0 amide bonds. The third-order valence-corrected chi connectivity index (χ3v) is 2.76. The van der Waals surface area contributed by atoms with E-state index >= 15 is 0 Å². The van der Waals surface area contributed by atoms with Crippen LogP contribution in [-0.4, -0.2) is 21.1 Å². The van der Waals surface area contributed by atoms with Crippen LogP contribution in [0.1, 0.15) is 5.56 Å². The van der Waals surface area contributed by atoms with Crippen molar-refractivity contribution in [2.45, 2.75) is 6.54 Å². The van der Waals surface area contributed by atoms with Crippen LogP contribution in [0.4, 0.5) is 0 Å². The summed E-state index contributed by atoms with van der Waals surface area (Å²) in [5, 5.41) is 0. The summed E-state index contributed by atoms with van der Waals surface area (Å²) in [4.78, 5) is 15.4. The van der Waals surface area contributed by atoms with E-state index < -0.39 is 0 Å². The van der Waals surface area contributed by atoms with Gasteiger partial charge in [-0.1, -0.05) is 12.2 Å². The van der Waals surface area contributed by atoms with Crippen molar-refractivity contribution in [3.8, 4) is 5.75 Å². The van der Waals surface area contributed by atoms with Crippen molar-refractivity contribution < 1.29 is 4.74 Å². The molecule has 0 aliphatic rings. The number of rotatable bonds is 5. The van der Waals surface area contributed by atoms with Crippen LogP contribution in [0.3, 0.4) is 0 Å². The quantitative estimate of drug-likeness (QED) is 0.823. The molecule has 0 fully saturated rings. The van der Waals surface area contributed by atoms with E-state index in [1.165, 1.54) is 10.8 Å². The Balaban J connectivity index is 1.91. The lowest BCUT2D eigenvalue weighted by molar-refractivity contribution is 0.295. The average Bonchev–Trinajstić information content (AvgIpc) is 2.41. The molecule has 6 heteroatoms. The second-order valence-corrected chi connectivity index (χ2v) is 4.27. The number of aromatic nitrogens is 2. The summed E-state index contributed by atoms with van der Waals surface area (Å²) in [5.74, 6) is 0.705. The van der Waals surface area contributed by atoms with Crippen LogP contribution in [0.5, 0.6) is 5.75 Å². The lowest BCUT2D eigenvalue weighted by Crippen LogP contribution is -2.24. The molecular formula is C13H13N3O2S. The van der Waals surface area contributed by atoms with E-state index in [2.05, 4.69) is 4.98 Å². The van der Waals surface area contributed by atoms with Gasteiger partial charge in [-0.3, -0.25) is 4.57 Å². The highest BCUT2D eigenvalue weighted by molar-refractivity contribution is 7.80. The largest absolute Gasteiger partial charge is 0.492 e. The lowest BCUT2D eigenvalue weighted by atomic mass is 10.2. The van der Waals surface area contributed by atoms with Crippen LogP contribution in [0.25, 0.3) is 0 Å². The fourth-order valence-electron chi connectivity index (χ4n) is 1.53. The Hall–Kier alpha value is -2.21. The summed E-state index contributed by atoms with van der Waals surface area (Å²) in [7, 11) is 0. The van der Waals surface area contributed by atoms with Crippen molar-refractivity contribution in [3.05, 3.63) is 58.8 Å². The Labute approximate surface area is 115 Å². The zero-order chi connectivity index (χ0) is 13.7. The molecule has 0 aliphatic carbocycles. The zero-order valence-electron chi connectivity index (χ0n) is 10.2. The van der Waals surface area contributed by atoms with Gasteiger partial charge in [0, 0.05) is 18.0 Å². The maximum absolute atomic E-state index is 11.3. The maximum atomic E-state index is 11.3. The van der Waals surface area contributed by atoms with E-state index in [0.717, 1.165) is 5.56 Å². The number of nitrogens with two attached hydrogens (primary N) is 1. The lowest BCUT2D eigenvalue weighted by Gasteiger charge is -2.08. The number of ether oxygens (including phenoxy) is 1. The number of nitrogens with zero attached hydrogens (tertiary/aromatic N) is 2. The maximum Gasteiger partial charge on any atom is 0.347 e. The number of benzene rings is 1. The van der Waals surface area contributed by atoms with Crippen LogP contribution in [-0.2, 0) is 6.54 Å². The van der Waals surface area contributed by atoms with Crippen molar-refractivity contribution >= 4 is 17.2 Å². The van der Waals surface area contributed by atoms with Gasteiger partial charge in [0.05, 0.1) is 6.54 Å². The van der Waals surface area contributed by atoms with E-state index in [4.69, 9.17) is 22.7 Å². The third kappa shape index (κ3) is 3.62. The van der Waals surface area contributed by atoms with Gasteiger partial charge in [0.1, 0.15) is 17.3 Å². The molecule has 19 heavy (non-hydrogen) atoms. The minimum Gasteiger partial charge on any atom is -0.492 e. The molecule has 0 unspecified atom stereocenters. The smallest absolute Gasteiger partial charge is 0.347 e. The minimum atomic E-state index is -0.282. The molecule has 0 bridgehead atoms. The highest BCUT2D eigenvalue weighted by atomic mass is 32.1. The van der Waals surface area contributed by atoms with Crippen molar-refractivity contribution in [3.63, 3.8) is 0 Å². The van der Waals surface area contributed by atoms with Gasteiger partial charge in [-0.25, -0.2) is 9.78 Å². The standard InChI is InChI=1S/C13H13N3O2S/c14-12(19)10-2-4-11(5-3-10)18-9-8-16-7-1-6-15-13(16)17/h1-7H,8-9H2,(H2,14,19). The first-order valence-electron chi connectivity index (χ1n) is 5.71. The van der Waals surface area contributed by atoms with Crippen LogP contribution >= 0.6 is 12.2 Å². The summed E-state index contributed by atoms with van der Waals surface area (Å²) in [6, 6.07) is 8.89. The average molecular weight is 275 g/mol. The van der Waals surface area contributed by atoms with E-state index in [1.54, 1.807) is 36.5 Å². The van der Waals surface area contributed by atoms with Gasteiger partial charge < -0.3 is 10.5 Å². The van der Waals surface area contributed by atoms with Gasteiger partial charge in [0.2, 0.25) is 0 Å². The van der Waals surface area contributed by atoms with Gasteiger partial charge in [-0.15, -0.1) is 0 Å². The molecule has 0 radical (unpaired) electrons. The summed E-state index contributed by atoms with van der Waals surface area (Å²) >= 11 is 4.86. The highest BCUT2D eigenvalue weighted by Gasteiger charge is 1.99. The predicted octanol–water partition coefficient (Wildman–Crippen LogP) is 0.956. The van der Waals surface area contributed by atoms with Gasteiger partial charge in [0.25, 0.3) is 0 Å². The van der Waals surface area contributed by atoms with E-state index in [1.807, 2.05) is 0 Å². The predicted molar refractivity (Wildman–Crippen MR) is 76.3 cm³/mol. The molecule has 0 saturated carbocycles. The van der Waals surface area contributed by atoms with E-state index in [-0.39, 0.29) is 5.69 Å². The number of hydrogen-bond donors (Lipinski definition) is 1. The number of hydrogen-bond acceptors (Lipinski definition) is 4. The van der Waals surface area contributed by atoms with Gasteiger partial charge in [-0.05, 0) is 30.3 Å². The SMILES string of the molecule is NC(=S)c1ccc(OCCn2cccnc2=O)cc1. The summed E-state index contributed by atoms with van der Waals surface area (Å²) in [6.45, 7) is 0.835. The fraction of sp³-hybridized carbons (Fsp3) is 0.154. The van der Waals surface area contributed by atoms with E-state index in [0.29, 0.717) is 23.9 Å². The molecular weight excluding hydrogens is 262 g/mol. The molecule has 0 atom stereocenters. The van der Waals surface area contributed by atoms with Gasteiger partial charge in [0.15, 0.2) is 0 Å². The molecule has 1 heterocycles.